The summed E-state index contributed by atoms with van der Waals surface area (Å²) in [5.74, 6) is 1.34. The number of nitrogens with zero attached hydrogens (tertiary/aromatic N) is 3. The lowest BCUT2D eigenvalue weighted by atomic mass is 9.72. The minimum atomic E-state index is -3.23. The van der Waals surface area contributed by atoms with Crippen LogP contribution in [0.15, 0.2) is 4.52 Å². The molecule has 1 unspecified atom stereocenters. The predicted octanol–water partition coefficient (Wildman–Crippen LogP) is 1.70. The molecule has 0 N–H and O–H groups in total. The van der Waals surface area contributed by atoms with Gasteiger partial charge in [0.2, 0.25) is 15.9 Å². The van der Waals surface area contributed by atoms with Crippen LogP contribution in [0.1, 0.15) is 50.2 Å². The maximum Gasteiger partial charge on any atom is 0.231 e. The van der Waals surface area contributed by atoms with Gasteiger partial charge in [-0.05, 0) is 26.2 Å². The molecule has 8 heteroatoms. The third kappa shape index (κ3) is 3.29. The van der Waals surface area contributed by atoms with E-state index in [-0.39, 0.29) is 17.1 Å². The van der Waals surface area contributed by atoms with Gasteiger partial charge in [-0.25, -0.2) is 12.7 Å². The molecular formula is C15H25N3O4S. The van der Waals surface area contributed by atoms with Crippen molar-refractivity contribution in [2.24, 2.45) is 5.41 Å². The smallest absolute Gasteiger partial charge is 0.231 e. The maximum atomic E-state index is 12.6. The second kappa shape index (κ2) is 6.49. The Labute approximate surface area is 137 Å². The minimum absolute atomic E-state index is 0.0380. The molecular weight excluding hydrogens is 318 g/mol. The fraction of sp³-hybridized carbons (Fsp3) is 0.867. The van der Waals surface area contributed by atoms with Crippen LogP contribution < -0.4 is 0 Å². The highest BCUT2D eigenvalue weighted by atomic mass is 32.2. The van der Waals surface area contributed by atoms with E-state index in [2.05, 4.69) is 10.1 Å². The summed E-state index contributed by atoms with van der Waals surface area (Å²) < 4.78 is 37.8. The number of sulfonamides is 1. The first-order valence-electron chi connectivity index (χ1n) is 8.33. The zero-order chi connectivity index (χ0) is 16.5. The molecule has 2 aliphatic heterocycles. The van der Waals surface area contributed by atoms with Crippen molar-refractivity contribution in [3.63, 3.8) is 0 Å². The first-order chi connectivity index (χ1) is 11.0. The van der Waals surface area contributed by atoms with Crippen molar-refractivity contribution in [3.05, 3.63) is 11.7 Å². The quantitative estimate of drug-likeness (QED) is 0.809. The molecule has 7 nitrogen and oxygen atoms in total. The highest BCUT2D eigenvalue weighted by Gasteiger charge is 2.52. The highest BCUT2D eigenvalue weighted by molar-refractivity contribution is 7.89. The van der Waals surface area contributed by atoms with Crippen molar-refractivity contribution in [1.29, 1.82) is 0 Å². The van der Waals surface area contributed by atoms with Gasteiger partial charge < -0.3 is 9.26 Å². The number of aryl methyl sites for hydroxylation is 1. The van der Waals surface area contributed by atoms with E-state index in [4.69, 9.17) is 9.26 Å². The molecule has 0 amide bonds. The Morgan fingerprint density at radius 3 is 2.70 bits per heavy atom. The zero-order valence-electron chi connectivity index (χ0n) is 13.8. The fourth-order valence-corrected chi connectivity index (χ4v) is 5.41. The average Bonchev–Trinajstić information content (AvgIpc) is 3.11. The van der Waals surface area contributed by atoms with Crippen LogP contribution in [0.4, 0.5) is 0 Å². The lowest BCUT2D eigenvalue weighted by Crippen LogP contribution is -2.37. The molecule has 0 saturated carbocycles. The van der Waals surface area contributed by atoms with Crippen LogP contribution in [0.2, 0.25) is 0 Å². The van der Waals surface area contributed by atoms with Gasteiger partial charge in [-0.2, -0.15) is 4.98 Å². The van der Waals surface area contributed by atoms with Crippen LogP contribution in [0.3, 0.4) is 0 Å². The molecule has 130 valence electrons. The van der Waals surface area contributed by atoms with E-state index in [9.17, 15) is 8.42 Å². The molecule has 0 bridgehead atoms. The molecule has 3 heterocycles. The SMILES string of the molecule is CCCCS(=O)(=O)N1CC(c2nc(C)no2)C2(CCOCC2)C1. The molecule has 1 spiro atoms. The number of ether oxygens (including phenoxy) is 1. The van der Waals surface area contributed by atoms with Crippen LogP contribution in [0.5, 0.6) is 0 Å². The Morgan fingerprint density at radius 2 is 2.09 bits per heavy atom. The Balaban J connectivity index is 1.87. The fourth-order valence-electron chi connectivity index (χ4n) is 3.67. The van der Waals surface area contributed by atoms with Crippen molar-refractivity contribution in [2.45, 2.75) is 45.4 Å². The summed E-state index contributed by atoms with van der Waals surface area (Å²) in [6.45, 7) is 6.08. The molecule has 2 aliphatic rings. The summed E-state index contributed by atoms with van der Waals surface area (Å²) in [7, 11) is -3.23. The number of rotatable bonds is 5. The molecule has 3 rings (SSSR count). The van der Waals surface area contributed by atoms with E-state index in [0.717, 1.165) is 19.3 Å². The van der Waals surface area contributed by atoms with Gasteiger partial charge in [-0.15, -0.1) is 0 Å². The van der Waals surface area contributed by atoms with E-state index in [1.807, 2.05) is 6.92 Å². The van der Waals surface area contributed by atoms with Crippen LogP contribution in [0.25, 0.3) is 0 Å². The molecule has 0 radical (unpaired) electrons. The molecule has 0 aromatic carbocycles. The molecule has 1 aromatic heterocycles. The predicted molar refractivity (Wildman–Crippen MR) is 84.5 cm³/mol. The van der Waals surface area contributed by atoms with Gasteiger partial charge in [0, 0.05) is 31.7 Å². The van der Waals surface area contributed by atoms with Gasteiger partial charge in [0.15, 0.2) is 5.82 Å². The summed E-state index contributed by atoms with van der Waals surface area (Å²) in [5, 5.41) is 3.89. The van der Waals surface area contributed by atoms with Crippen molar-refractivity contribution >= 4 is 10.0 Å². The summed E-state index contributed by atoms with van der Waals surface area (Å²) >= 11 is 0. The number of hydrogen-bond acceptors (Lipinski definition) is 6. The number of hydrogen-bond donors (Lipinski definition) is 0. The average molecular weight is 343 g/mol. The molecule has 2 fully saturated rings. The Kier molecular flexibility index (Phi) is 4.75. The first kappa shape index (κ1) is 16.9. The first-order valence-corrected chi connectivity index (χ1v) is 9.93. The number of aromatic nitrogens is 2. The Hall–Kier alpha value is -0.990. The number of unbranched alkanes of at least 4 members (excludes halogenated alkanes) is 1. The summed E-state index contributed by atoms with van der Waals surface area (Å²) in [6.07, 6.45) is 3.23. The summed E-state index contributed by atoms with van der Waals surface area (Å²) in [6, 6.07) is 0. The van der Waals surface area contributed by atoms with Crippen molar-refractivity contribution in [1.82, 2.24) is 14.4 Å². The zero-order valence-corrected chi connectivity index (χ0v) is 14.6. The van der Waals surface area contributed by atoms with Crippen molar-refractivity contribution < 1.29 is 17.7 Å². The van der Waals surface area contributed by atoms with E-state index in [0.29, 0.717) is 44.4 Å². The van der Waals surface area contributed by atoms with Crippen LogP contribution in [-0.2, 0) is 14.8 Å². The van der Waals surface area contributed by atoms with Gasteiger partial charge >= 0.3 is 0 Å². The molecule has 0 aliphatic carbocycles. The molecule has 2 saturated heterocycles. The Bertz CT molecular complexity index is 637. The second-order valence-electron chi connectivity index (χ2n) is 6.67. The van der Waals surface area contributed by atoms with Crippen molar-refractivity contribution in [2.75, 3.05) is 32.1 Å². The normalized spacial score (nSPS) is 25.2. The van der Waals surface area contributed by atoms with E-state index >= 15 is 0 Å². The molecule has 23 heavy (non-hydrogen) atoms. The van der Waals surface area contributed by atoms with Crippen LogP contribution in [0, 0.1) is 12.3 Å². The largest absolute Gasteiger partial charge is 0.381 e. The third-order valence-electron chi connectivity index (χ3n) is 5.10. The molecule has 1 aromatic rings. The summed E-state index contributed by atoms with van der Waals surface area (Å²) in [4.78, 5) is 4.38. The third-order valence-corrected chi connectivity index (χ3v) is 6.97. The standard InChI is InChI=1S/C15H25N3O4S/c1-3-4-9-23(19,20)18-10-13(14-16-12(2)17-22-14)15(11-18)5-7-21-8-6-15/h13H,3-11H2,1-2H3. The second-order valence-corrected chi connectivity index (χ2v) is 8.76. The monoisotopic (exact) mass is 343 g/mol. The van der Waals surface area contributed by atoms with E-state index in [1.54, 1.807) is 11.2 Å². The van der Waals surface area contributed by atoms with Gasteiger partial charge in [0.1, 0.15) is 0 Å². The van der Waals surface area contributed by atoms with Crippen molar-refractivity contribution in [3.8, 4) is 0 Å². The Morgan fingerprint density at radius 1 is 1.35 bits per heavy atom. The topological polar surface area (TPSA) is 85.5 Å². The molecule has 1 atom stereocenters. The maximum absolute atomic E-state index is 12.6. The van der Waals surface area contributed by atoms with Crippen LogP contribution in [-0.4, -0.2) is 54.9 Å². The lowest BCUT2D eigenvalue weighted by molar-refractivity contribution is 0.0104. The van der Waals surface area contributed by atoms with Gasteiger partial charge in [0.25, 0.3) is 0 Å². The van der Waals surface area contributed by atoms with Gasteiger partial charge in [-0.3, -0.25) is 0 Å². The van der Waals surface area contributed by atoms with Gasteiger partial charge in [-0.1, -0.05) is 18.5 Å². The highest BCUT2D eigenvalue weighted by Crippen LogP contribution is 2.49. The summed E-state index contributed by atoms with van der Waals surface area (Å²) in [5.41, 5.74) is -0.142. The van der Waals surface area contributed by atoms with Crippen LogP contribution >= 0.6 is 0 Å². The van der Waals surface area contributed by atoms with Gasteiger partial charge in [0.05, 0.1) is 11.7 Å². The minimum Gasteiger partial charge on any atom is -0.381 e. The van der Waals surface area contributed by atoms with E-state index in [1.165, 1.54) is 0 Å². The van der Waals surface area contributed by atoms with E-state index < -0.39 is 10.0 Å². The lowest BCUT2D eigenvalue weighted by Gasteiger charge is -2.36.